The molecule has 0 bridgehead atoms. The summed E-state index contributed by atoms with van der Waals surface area (Å²) in [7, 11) is 0. The Balaban J connectivity index is 0.00000176. The van der Waals surface area contributed by atoms with Gasteiger partial charge in [0, 0.05) is 17.7 Å². The van der Waals surface area contributed by atoms with Crippen molar-refractivity contribution < 1.29 is 14.8 Å². The molecule has 1 aromatic carbocycles. The number of non-ortho nitro benzene ring substituents is 1. The minimum absolute atomic E-state index is 0. The lowest BCUT2D eigenvalue weighted by Crippen LogP contribution is -2.52. The Morgan fingerprint density at radius 3 is 2.73 bits per heavy atom. The molecule has 7 heteroatoms. The van der Waals surface area contributed by atoms with E-state index in [2.05, 4.69) is 5.32 Å². The highest BCUT2D eigenvalue weighted by molar-refractivity contribution is 5.85. The molecule has 2 N–H and O–H groups in total. The highest BCUT2D eigenvalue weighted by Crippen LogP contribution is 2.41. The van der Waals surface area contributed by atoms with Crippen molar-refractivity contribution in [2.24, 2.45) is 5.92 Å². The lowest BCUT2D eigenvalue weighted by Gasteiger charge is -2.42. The van der Waals surface area contributed by atoms with Gasteiger partial charge in [0.1, 0.15) is 17.5 Å². The van der Waals surface area contributed by atoms with E-state index in [-0.39, 0.29) is 24.1 Å². The fourth-order valence-electron chi connectivity index (χ4n) is 2.74. The fourth-order valence-corrected chi connectivity index (χ4v) is 2.74. The van der Waals surface area contributed by atoms with Crippen LogP contribution in [0.5, 0.6) is 5.75 Å². The molecule has 1 aliphatic heterocycles. The second-order valence-electron chi connectivity index (χ2n) is 6.46. The topological polar surface area (TPSA) is 84.6 Å². The van der Waals surface area contributed by atoms with Gasteiger partial charge in [0.05, 0.1) is 11.0 Å². The molecule has 1 fully saturated rings. The normalized spacial score (nSPS) is 25.6. The van der Waals surface area contributed by atoms with Gasteiger partial charge in [-0.1, -0.05) is 0 Å². The maximum atomic E-state index is 11.0. The Morgan fingerprint density at radius 1 is 1.45 bits per heavy atom. The Morgan fingerprint density at radius 2 is 2.14 bits per heavy atom. The average Bonchev–Trinajstić information content (AvgIpc) is 3.22. The lowest BCUT2D eigenvalue weighted by molar-refractivity contribution is -0.385. The number of aliphatic hydroxyl groups is 1. The molecule has 0 radical (unpaired) electrons. The van der Waals surface area contributed by atoms with Crippen LogP contribution in [0.2, 0.25) is 0 Å². The Bertz CT molecular complexity index is 575. The molecule has 0 spiro atoms. The van der Waals surface area contributed by atoms with Crippen LogP contribution >= 0.6 is 12.4 Å². The molecule has 2 aliphatic rings. The molecule has 2 unspecified atom stereocenters. The molecular formula is C15H21ClN2O4. The molecule has 1 aliphatic carbocycles. The number of fused-ring (bicyclic) bond motifs is 1. The standard InChI is InChI=1S/C15H20N2O4.ClH/c1-15(2)14(18)13(16-8-9-3-4-9)11-7-10(17(19)20)5-6-12(11)21-15;/h5-7,9,13-14,16,18H,3-4,8H2,1-2H3;1H. The number of hydrogen-bond acceptors (Lipinski definition) is 5. The summed E-state index contributed by atoms with van der Waals surface area (Å²) in [4.78, 5) is 10.5. The van der Waals surface area contributed by atoms with Crippen molar-refractivity contribution in [2.45, 2.75) is 44.4 Å². The van der Waals surface area contributed by atoms with Gasteiger partial charge in [-0.2, -0.15) is 0 Å². The van der Waals surface area contributed by atoms with Gasteiger partial charge in [0.15, 0.2) is 0 Å². The van der Waals surface area contributed by atoms with E-state index in [9.17, 15) is 15.2 Å². The van der Waals surface area contributed by atoms with E-state index in [0.717, 1.165) is 6.54 Å². The number of rotatable bonds is 4. The minimum Gasteiger partial charge on any atom is -0.485 e. The van der Waals surface area contributed by atoms with E-state index in [1.54, 1.807) is 6.07 Å². The van der Waals surface area contributed by atoms with Gasteiger partial charge in [0.2, 0.25) is 0 Å². The summed E-state index contributed by atoms with van der Waals surface area (Å²) in [6, 6.07) is 4.21. The quantitative estimate of drug-likeness (QED) is 0.655. The van der Waals surface area contributed by atoms with Crippen LogP contribution in [0.3, 0.4) is 0 Å². The second kappa shape index (κ2) is 6.02. The van der Waals surface area contributed by atoms with Crippen LogP contribution in [-0.2, 0) is 0 Å². The number of nitro groups is 1. The first kappa shape index (κ1) is 17.0. The third kappa shape index (κ3) is 3.19. The largest absolute Gasteiger partial charge is 0.485 e. The molecule has 0 amide bonds. The monoisotopic (exact) mass is 328 g/mol. The van der Waals surface area contributed by atoms with Crippen molar-refractivity contribution in [1.82, 2.24) is 5.32 Å². The summed E-state index contributed by atoms with van der Waals surface area (Å²) in [6.07, 6.45) is 1.65. The fraction of sp³-hybridized carbons (Fsp3) is 0.600. The van der Waals surface area contributed by atoms with E-state index in [0.29, 0.717) is 17.2 Å². The van der Waals surface area contributed by atoms with Gasteiger partial charge < -0.3 is 15.2 Å². The van der Waals surface area contributed by atoms with Crippen LogP contribution in [0.4, 0.5) is 5.69 Å². The molecule has 22 heavy (non-hydrogen) atoms. The zero-order chi connectivity index (χ0) is 15.2. The van der Waals surface area contributed by atoms with Crippen LogP contribution in [0.25, 0.3) is 0 Å². The molecule has 1 heterocycles. The van der Waals surface area contributed by atoms with E-state index < -0.39 is 16.6 Å². The Labute approximate surface area is 135 Å². The van der Waals surface area contributed by atoms with Crippen LogP contribution < -0.4 is 10.1 Å². The smallest absolute Gasteiger partial charge is 0.270 e. The highest BCUT2D eigenvalue weighted by atomic mass is 35.5. The Hall–Kier alpha value is -1.37. The first-order valence-electron chi connectivity index (χ1n) is 7.27. The number of nitrogens with zero attached hydrogens (tertiary/aromatic N) is 1. The van der Waals surface area contributed by atoms with Crippen LogP contribution in [0.1, 0.15) is 38.3 Å². The summed E-state index contributed by atoms with van der Waals surface area (Å²) in [5.41, 5.74) is -0.0520. The van der Waals surface area contributed by atoms with Crippen LogP contribution in [0.15, 0.2) is 18.2 Å². The van der Waals surface area contributed by atoms with Gasteiger partial charge in [-0.3, -0.25) is 10.1 Å². The summed E-state index contributed by atoms with van der Waals surface area (Å²) < 4.78 is 5.81. The van der Waals surface area contributed by atoms with Crippen molar-refractivity contribution in [2.75, 3.05) is 6.54 Å². The minimum atomic E-state index is -0.759. The van der Waals surface area contributed by atoms with Gasteiger partial charge >= 0.3 is 0 Å². The predicted molar refractivity (Wildman–Crippen MR) is 84.5 cm³/mol. The second-order valence-corrected chi connectivity index (χ2v) is 6.46. The van der Waals surface area contributed by atoms with Gasteiger partial charge in [-0.15, -0.1) is 12.4 Å². The van der Waals surface area contributed by atoms with Gasteiger partial charge in [-0.25, -0.2) is 0 Å². The zero-order valence-corrected chi connectivity index (χ0v) is 13.4. The highest BCUT2D eigenvalue weighted by Gasteiger charge is 2.43. The summed E-state index contributed by atoms with van der Waals surface area (Å²) in [5, 5.41) is 24.9. The Kier molecular flexibility index (Phi) is 4.65. The molecular weight excluding hydrogens is 308 g/mol. The summed E-state index contributed by atoms with van der Waals surface area (Å²) >= 11 is 0. The number of nitro benzene ring substituents is 1. The molecule has 0 aromatic heterocycles. The SMILES string of the molecule is CC1(C)Oc2ccc([N+](=O)[O-])cc2C(NCC2CC2)C1O.Cl. The maximum absolute atomic E-state index is 11.0. The van der Waals surface area contributed by atoms with Crippen LogP contribution in [-0.4, -0.2) is 28.3 Å². The predicted octanol–water partition coefficient (Wildman–Crippen LogP) is 2.59. The van der Waals surface area contributed by atoms with Crippen molar-refractivity contribution in [3.8, 4) is 5.75 Å². The number of hydrogen-bond donors (Lipinski definition) is 2. The summed E-state index contributed by atoms with van der Waals surface area (Å²) in [5.74, 6) is 1.26. The number of nitrogens with one attached hydrogen (secondary N) is 1. The van der Waals surface area contributed by atoms with Crippen molar-refractivity contribution in [3.63, 3.8) is 0 Å². The summed E-state index contributed by atoms with van der Waals surface area (Å²) in [6.45, 7) is 4.47. The number of aliphatic hydroxyl groups excluding tert-OH is 1. The molecule has 0 saturated heterocycles. The van der Waals surface area contributed by atoms with Crippen LogP contribution in [0, 0.1) is 16.0 Å². The van der Waals surface area contributed by atoms with Crippen molar-refractivity contribution in [1.29, 1.82) is 0 Å². The molecule has 1 aromatic rings. The van der Waals surface area contributed by atoms with Gasteiger partial charge in [0.25, 0.3) is 5.69 Å². The molecule has 2 atom stereocenters. The van der Waals surface area contributed by atoms with Gasteiger partial charge in [-0.05, 0) is 45.2 Å². The van der Waals surface area contributed by atoms with Crippen molar-refractivity contribution in [3.05, 3.63) is 33.9 Å². The lowest BCUT2D eigenvalue weighted by atomic mass is 9.86. The molecule has 122 valence electrons. The molecule has 6 nitrogen and oxygen atoms in total. The van der Waals surface area contributed by atoms with E-state index in [4.69, 9.17) is 4.74 Å². The first-order chi connectivity index (χ1) is 9.88. The van der Waals surface area contributed by atoms with E-state index in [1.165, 1.54) is 25.0 Å². The third-order valence-corrected chi connectivity index (χ3v) is 4.26. The first-order valence-corrected chi connectivity index (χ1v) is 7.27. The van der Waals surface area contributed by atoms with E-state index >= 15 is 0 Å². The maximum Gasteiger partial charge on any atom is 0.270 e. The third-order valence-electron chi connectivity index (χ3n) is 4.26. The van der Waals surface area contributed by atoms with E-state index in [1.807, 2.05) is 13.8 Å². The number of halogens is 1. The number of benzene rings is 1. The number of ether oxygens (including phenoxy) is 1. The zero-order valence-electron chi connectivity index (χ0n) is 12.6. The molecule has 3 rings (SSSR count). The molecule has 1 saturated carbocycles. The average molecular weight is 329 g/mol. The van der Waals surface area contributed by atoms with Crippen molar-refractivity contribution >= 4 is 18.1 Å².